The second-order valence-electron chi connectivity index (χ2n) is 2.81. The van der Waals surface area contributed by atoms with Crippen LogP contribution in [-0.2, 0) is 0 Å². The maximum atomic E-state index is 9.69. The largest absolute Gasteiger partial charge is 0.506 e. The van der Waals surface area contributed by atoms with E-state index >= 15 is 0 Å². The third kappa shape index (κ3) is 2.08. The van der Waals surface area contributed by atoms with Crippen LogP contribution in [0.15, 0.2) is 29.3 Å². The van der Waals surface area contributed by atoms with Crippen LogP contribution in [0.25, 0.3) is 0 Å². The van der Waals surface area contributed by atoms with Crippen LogP contribution in [0.2, 0.25) is 0 Å². The molecule has 0 aromatic heterocycles. The number of methoxy groups -OCH3 is 1. The van der Waals surface area contributed by atoms with E-state index in [9.17, 15) is 5.11 Å². The Kier molecular flexibility index (Phi) is 3.55. The van der Waals surface area contributed by atoms with E-state index in [0.29, 0.717) is 15.8 Å². The van der Waals surface area contributed by atoms with E-state index in [1.165, 1.54) is 0 Å². The van der Waals surface area contributed by atoms with Gasteiger partial charge in [-0.15, -0.1) is 6.58 Å². The Labute approximate surface area is 91.3 Å². The van der Waals surface area contributed by atoms with Crippen molar-refractivity contribution in [3.63, 3.8) is 0 Å². The highest BCUT2D eigenvalue weighted by Gasteiger charge is 2.12. The third-order valence-electron chi connectivity index (χ3n) is 1.92. The molecule has 1 rings (SSSR count). The molecule has 1 aromatic rings. The molecule has 0 heterocycles. The highest BCUT2D eigenvalue weighted by atomic mass is 79.9. The van der Waals surface area contributed by atoms with Gasteiger partial charge in [-0.25, -0.2) is 0 Å². The van der Waals surface area contributed by atoms with Crippen molar-refractivity contribution in [1.82, 2.24) is 0 Å². The third-order valence-corrected chi connectivity index (χ3v) is 2.52. The fourth-order valence-electron chi connectivity index (χ4n) is 1.09. The molecule has 14 heavy (non-hydrogen) atoms. The average molecular weight is 258 g/mol. The van der Waals surface area contributed by atoms with Crippen molar-refractivity contribution in [1.29, 1.82) is 0 Å². The Morgan fingerprint density at radius 1 is 1.64 bits per heavy atom. The zero-order valence-corrected chi connectivity index (χ0v) is 9.41. The van der Waals surface area contributed by atoms with Crippen molar-refractivity contribution in [2.75, 3.05) is 7.11 Å². The summed E-state index contributed by atoms with van der Waals surface area (Å²) in [7, 11) is 1.56. The maximum Gasteiger partial charge on any atom is 0.135 e. The predicted octanol–water partition coefficient (Wildman–Crippen LogP) is 2.35. The molecule has 0 bridgehead atoms. The van der Waals surface area contributed by atoms with Gasteiger partial charge in [-0.1, -0.05) is 6.08 Å². The second kappa shape index (κ2) is 4.48. The van der Waals surface area contributed by atoms with Gasteiger partial charge in [-0.3, -0.25) is 0 Å². The molecule has 0 fully saturated rings. The number of benzene rings is 1. The van der Waals surface area contributed by atoms with Crippen LogP contribution in [0.5, 0.6) is 11.5 Å². The summed E-state index contributed by atoms with van der Waals surface area (Å²) in [5.74, 6) is 0.764. The van der Waals surface area contributed by atoms with Crippen molar-refractivity contribution in [3.05, 3.63) is 34.8 Å². The minimum atomic E-state index is -0.401. The lowest BCUT2D eigenvalue weighted by Crippen LogP contribution is -2.07. The quantitative estimate of drug-likeness (QED) is 0.818. The van der Waals surface area contributed by atoms with E-state index in [2.05, 4.69) is 22.5 Å². The first-order valence-electron chi connectivity index (χ1n) is 4.04. The van der Waals surface area contributed by atoms with E-state index in [1.54, 1.807) is 25.3 Å². The van der Waals surface area contributed by atoms with Crippen LogP contribution in [0, 0.1) is 0 Å². The van der Waals surface area contributed by atoms with Gasteiger partial charge >= 0.3 is 0 Å². The van der Waals surface area contributed by atoms with Gasteiger partial charge in [0.1, 0.15) is 11.5 Å². The van der Waals surface area contributed by atoms with E-state index in [0.717, 1.165) is 0 Å². The van der Waals surface area contributed by atoms with E-state index < -0.39 is 6.04 Å². The van der Waals surface area contributed by atoms with Gasteiger partial charge in [0.05, 0.1) is 17.6 Å². The van der Waals surface area contributed by atoms with E-state index in [1.807, 2.05) is 0 Å². The normalized spacial score (nSPS) is 12.2. The van der Waals surface area contributed by atoms with E-state index in [4.69, 9.17) is 10.5 Å². The van der Waals surface area contributed by atoms with Crippen LogP contribution in [0.1, 0.15) is 11.6 Å². The standard InChI is InChI=1S/C10H12BrNO2/c1-3-9(12)7-4-6(14-2)5-8(11)10(7)13/h3-5,9,13H,1,12H2,2H3/t9-/m0/s1. The summed E-state index contributed by atoms with van der Waals surface area (Å²) in [6.45, 7) is 3.57. The van der Waals surface area contributed by atoms with Crippen LogP contribution in [0.3, 0.4) is 0 Å². The van der Waals surface area contributed by atoms with Crippen LogP contribution < -0.4 is 10.5 Å². The lowest BCUT2D eigenvalue weighted by atomic mass is 10.1. The zero-order chi connectivity index (χ0) is 10.7. The summed E-state index contributed by atoms with van der Waals surface area (Å²) >= 11 is 3.22. The first-order valence-corrected chi connectivity index (χ1v) is 4.84. The molecule has 4 heteroatoms. The van der Waals surface area contributed by atoms with Crippen LogP contribution >= 0.6 is 15.9 Å². The van der Waals surface area contributed by atoms with Gasteiger partial charge in [0, 0.05) is 5.56 Å². The summed E-state index contributed by atoms with van der Waals surface area (Å²) in [4.78, 5) is 0. The number of aromatic hydroxyl groups is 1. The highest BCUT2D eigenvalue weighted by molar-refractivity contribution is 9.10. The SMILES string of the molecule is C=C[C@H](N)c1cc(OC)cc(Br)c1O. The van der Waals surface area contributed by atoms with Crippen molar-refractivity contribution in [2.24, 2.45) is 5.73 Å². The summed E-state index contributed by atoms with van der Waals surface area (Å²) in [5, 5.41) is 9.69. The fraction of sp³-hybridized carbons (Fsp3) is 0.200. The monoisotopic (exact) mass is 257 g/mol. The number of ether oxygens (including phenoxy) is 1. The molecule has 1 aromatic carbocycles. The molecule has 0 aliphatic carbocycles. The van der Waals surface area contributed by atoms with Gasteiger partial charge < -0.3 is 15.6 Å². The number of phenols is 1. The molecule has 76 valence electrons. The van der Waals surface area contributed by atoms with Crippen molar-refractivity contribution in [2.45, 2.75) is 6.04 Å². The first kappa shape index (κ1) is 11.1. The smallest absolute Gasteiger partial charge is 0.135 e. The predicted molar refractivity (Wildman–Crippen MR) is 59.5 cm³/mol. The molecule has 3 N–H and O–H groups in total. The summed E-state index contributed by atoms with van der Waals surface area (Å²) in [6.07, 6.45) is 1.56. The van der Waals surface area contributed by atoms with Gasteiger partial charge in [0.2, 0.25) is 0 Å². The number of hydrogen-bond acceptors (Lipinski definition) is 3. The van der Waals surface area contributed by atoms with Crippen molar-refractivity contribution < 1.29 is 9.84 Å². The zero-order valence-electron chi connectivity index (χ0n) is 7.83. The Hall–Kier alpha value is -1.00. The van der Waals surface area contributed by atoms with Gasteiger partial charge in [-0.05, 0) is 28.1 Å². The number of nitrogens with two attached hydrogens (primary N) is 1. The molecule has 0 aliphatic rings. The minimum absolute atomic E-state index is 0.123. The molecule has 1 atom stereocenters. The van der Waals surface area contributed by atoms with E-state index in [-0.39, 0.29) is 5.75 Å². The van der Waals surface area contributed by atoms with Crippen LogP contribution in [-0.4, -0.2) is 12.2 Å². The molecular formula is C10H12BrNO2. The summed E-state index contributed by atoms with van der Waals surface area (Å²) in [5.41, 5.74) is 6.32. The molecular weight excluding hydrogens is 246 g/mol. The average Bonchev–Trinajstić information content (AvgIpc) is 2.20. The van der Waals surface area contributed by atoms with Gasteiger partial charge in [0.25, 0.3) is 0 Å². The Morgan fingerprint density at radius 2 is 2.29 bits per heavy atom. The second-order valence-corrected chi connectivity index (χ2v) is 3.66. The molecule has 0 unspecified atom stereocenters. The molecule has 0 radical (unpaired) electrons. The lowest BCUT2D eigenvalue weighted by molar-refractivity contribution is 0.409. The lowest BCUT2D eigenvalue weighted by Gasteiger charge is -2.12. The Balaban J connectivity index is 3.26. The molecule has 0 amide bonds. The fourth-order valence-corrected chi connectivity index (χ4v) is 1.55. The molecule has 0 spiro atoms. The summed E-state index contributed by atoms with van der Waals surface area (Å²) in [6, 6.07) is 2.96. The van der Waals surface area contributed by atoms with Crippen molar-refractivity contribution >= 4 is 15.9 Å². The maximum absolute atomic E-state index is 9.69. The highest BCUT2D eigenvalue weighted by Crippen LogP contribution is 2.35. The summed E-state index contributed by atoms with van der Waals surface area (Å²) < 4.78 is 5.61. The van der Waals surface area contributed by atoms with Crippen molar-refractivity contribution in [3.8, 4) is 11.5 Å². The Bertz CT molecular complexity index is 352. The minimum Gasteiger partial charge on any atom is -0.506 e. The molecule has 0 saturated carbocycles. The van der Waals surface area contributed by atoms with Gasteiger partial charge in [0.15, 0.2) is 0 Å². The van der Waals surface area contributed by atoms with Crippen LogP contribution in [0.4, 0.5) is 0 Å². The Morgan fingerprint density at radius 3 is 2.79 bits per heavy atom. The number of halogens is 1. The number of phenolic OH excluding ortho intramolecular Hbond substituents is 1. The van der Waals surface area contributed by atoms with Gasteiger partial charge in [-0.2, -0.15) is 0 Å². The number of hydrogen-bond donors (Lipinski definition) is 2. The molecule has 0 saturated heterocycles. The molecule has 3 nitrogen and oxygen atoms in total. The topological polar surface area (TPSA) is 55.5 Å². The molecule has 0 aliphatic heterocycles. The number of rotatable bonds is 3. The first-order chi connectivity index (χ1) is 6.60.